The topological polar surface area (TPSA) is 15.7 Å². The zero-order valence-electron chi connectivity index (χ0n) is 14.4. The maximum absolute atomic E-state index is 5.35. The average Bonchev–Trinajstić information content (AvgIpc) is 3.23. The smallest absolute Gasteiger partial charge is 0.119 e. The molecule has 0 bridgehead atoms. The van der Waals surface area contributed by atoms with E-state index < -0.39 is 0 Å². The normalized spacial score (nSPS) is 24.0. The Kier molecular flexibility index (Phi) is 4.19. The number of nitrogens with zero attached hydrogens (tertiary/aromatic N) is 2. The summed E-state index contributed by atoms with van der Waals surface area (Å²) in [5.41, 5.74) is 3.21. The fraction of sp³-hybridized carbons (Fsp3) is 0.429. The predicted molar refractivity (Wildman–Crippen MR) is 98.6 cm³/mol. The Morgan fingerprint density at radius 2 is 1.79 bits per heavy atom. The van der Waals surface area contributed by atoms with Gasteiger partial charge in [-0.05, 0) is 49.2 Å². The van der Waals surface area contributed by atoms with Gasteiger partial charge in [0.15, 0.2) is 0 Å². The minimum atomic E-state index is 0.481. The van der Waals surface area contributed by atoms with E-state index in [1.165, 1.54) is 50.3 Å². The van der Waals surface area contributed by atoms with Crippen molar-refractivity contribution in [3.63, 3.8) is 0 Å². The molecule has 2 aromatic rings. The third-order valence-corrected chi connectivity index (χ3v) is 5.62. The lowest BCUT2D eigenvalue weighted by molar-refractivity contribution is 0.270. The number of hydrogen-bond donors (Lipinski definition) is 0. The highest BCUT2D eigenvalue weighted by atomic mass is 16.5. The van der Waals surface area contributed by atoms with Crippen molar-refractivity contribution in [3.05, 3.63) is 60.2 Å². The van der Waals surface area contributed by atoms with Crippen molar-refractivity contribution in [2.45, 2.75) is 19.4 Å². The second-order valence-corrected chi connectivity index (χ2v) is 7.32. The lowest BCUT2D eigenvalue weighted by Gasteiger charge is -2.25. The van der Waals surface area contributed by atoms with Gasteiger partial charge in [-0.2, -0.15) is 0 Å². The average molecular weight is 322 g/mol. The van der Waals surface area contributed by atoms with Gasteiger partial charge in [0.05, 0.1) is 7.11 Å². The molecule has 0 N–H and O–H groups in total. The number of ether oxygens (including phenoxy) is 1. The Hall–Kier alpha value is -2.00. The molecule has 2 aliphatic rings. The lowest BCUT2D eigenvalue weighted by Crippen LogP contribution is -2.30. The van der Waals surface area contributed by atoms with E-state index in [-0.39, 0.29) is 0 Å². The lowest BCUT2D eigenvalue weighted by atomic mass is 9.86. The van der Waals surface area contributed by atoms with E-state index in [1.54, 1.807) is 7.11 Å². The van der Waals surface area contributed by atoms with E-state index >= 15 is 0 Å². The number of methoxy groups -OCH3 is 1. The molecule has 2 fully saturated rings. The third-order valence-electron chi connectivity index (χ3n) is 5.62. The van der Waals surface area contributed by atoms with Gasteiger partial charge in [-0.3, -0.25) is 4.90 Å². The van der Waals surface area contributed by atoms with Crippen molar-refractivity contribution in [3.8, 4) is 5.75 Å². The summed E-state index contributed by atoms with van der Waals surface area (Å²) in [6, 6.07) is 19.3. The quantitative estimate of drug-likeness (QED) is 0.851. The molecule has 2 saturated heterocycles. The molecule has 3 heteroatoms. The first-order valence-corrected chi connectivity index (χ1v) is 8.92. The summed E-state index contributed by atoms with van der Waals surface area (Å²) in [6.45, 7) is 5.85. The molecule has 2 aromatic carbocycles. The van der Waals surface area contributed by atoms with E-state index in [9.17, 15) is 0 Å². The molecule has 126 valence electrons. The number of benzene rings is 2. The minimum Gasteiger partial charge on any atom is -0.497 e. The third kappa shape index (κ3) is 3.13. The van der Waals surface area contributed by atoms with Gasteiger partial charge in [-0.1, -0.05) is 30.3 Å². The molecule has 1 unspecified atom stereocenters. The Bertz CT molecular complexity index is 687. The molecule has 0 saturated carbocycles. The maximum atomic E-state index is 5.35. The van der Waals surface area contributed by atoms with Crippen LogP contribution in [0.2, 0.25) is 0 Å². The van der Waals surface area contributed by atoms with Gasteiger partial charge in [0, 0.05) is 37.3 Å². The van der Waals surface area contributed by atoms with Gasteiger partial charge < -0.3 is 9.64 Å². The van der Waals surface area contributed by atoms with Crippen molar-refractivity contribution in [1.82, 2.24) is 4.90 Å². The van der Waals surface area contributed by atoms with E-state index in [1.807, 2.05) is 6.07 Å². The number of hydrogen-bond acceptors (Lipinski definition) is 3. The SMILES string of the molecule is COc1cccc(CN2CCC3(CCN(c4ccccc4)C3)C2)c1. The van der Waals surface area contributed by atoms with Gasteiger partial charge in [0.1, 0.15) is 5.75 Å². The minimum absolute atomic E-state index is 0.481. The molecule has 2 heterocycles. The molecule has 3 nitrogen and oxygen atoms in total. The van der Waals surface area contributed by atoms with Crippen LogP contribution in [-0.4, -0.2) is 38.2 Å². The van der Waals surface area contributed by atoms with Crippen molar-refractivity contribution in [2.24, 2.45) is 5.41 Å². The molecule has 4 rings (SSSR count). The molecule has 0 aromatic heterocycles. The fourth-order valence-electron chi connectivity index (χ4n) is 4.32. The second-order valence-electron chi connectivity index (χ2n) is 7.32. The molecular formula is C21H26N2O. The monoisotopic (exact) mass is 322 g/mol. The summed E-state index contributed by atoms with van der Waals surface area (Å²) < 4.78 is 5.35. The van der Waals surface area contributed by atoms with Gasteiger partial charge in [-0.25, -0.2) is 0 Å². The van der Waals surface area contributed by atoms with Crippen molar-refractivity contribution >= 4 is 5.69 Å². The maximum Gasteiger partial charge on any atom is 0.119 e. The number of anilines is 1. The summed E-state index contributed by atoms with van der Waals surface area (Å²) >= 11 is 0. The molecule has 0 radical (unpaired) electrons. The van der Waals surface area contributed by atoms with Crippen LogP contribution in [0.1, 0.15) is 18.4 Å². The van der Waals surface area contributed by atoms with Crippen LogP contribution in [-0.2, 0) is 6.54 Å². The van der Waals surface area contributed by atoms with Crippen LogP contribution in [0, 0.1) is 5.41 Å². The van der Waals surface area contributed by atoms with Gasteiger partial charge in [0.2, 0.25) is 0 Å². The Balaban J connectivity index is 1.39. The molecule has 24 heavy (non-hydrogen) atoms. The zero-order chi connectivity index (χ0) is 16.4. The molecule has 2 aliphatic heterocycles. The summed E-state index contributed by atoms with van der Waals surface area (Å²) in [4.78, 5) is 5.18. The number of likely N-dealkylation sites (tertiary alicyclic amines) is 1. The Morgan fingerprint density at radius 1 is 0.958 bits per heavy atom. The highest BCUT2D eigenvalue weighted by Crippen LogP contribution is 2.41. The highest BCUT2D eigenvalue weighted by molar-refractivity contribution is 5.47. The van der Waals surface area contributed by atoms with Crippen molar-refractivity contribution in [2.75, 3.05) is 38.2 Å². The molecule has 1 atom stereocenters. The van der Waals surface area contributed by atoms with Crippen LogP contribution in [0.15, 0.2) is 54.6 Å². The highest BCUT2D eigenvalue weighted by Gasteiger charge is 2.43. The summed E-state index contributed by atoms with van der Waals surface area (Å²) in [6.07, 6.45) is 2.64. The van der Waals surface area contributed by atoms with Crippen molar-refractivity contribution < 1.29 is 4.74 Å². The molecule has 0 aliphatic carbocycles. The van der Waals surface area contributed by atoms with Crippen LogP contribution >= 0.6 is 0 Å². The fourth-order valence-corrected chi connectivity index (χ4v) is 4.32. The van der Waals surface area contributed by atoms with Crippen LogP contribution in [0.4, 0.5) is 5.69 Å². The second kappa shape index (κ2) is 6.48. The van der Waals surface area contributed by atoms with Crippen LogP contribution in [0.3, 0.4) is 0 Å². The summed E-state index contributed by atoms with van der Waals surface area (Å²) in [5.74, 6) is 0.956. The standard InChI is InChI=1S/C21H26N2O/c1-24-20-9-5-6-18(14-20)15-22-12-10-21(16-22)11-13-23(17-21)19-7-3-2-4-8-19/h2-9,14H,10-13,15-17H2,1H3. The van der Waals surface area contributed by atoms with Gasteiger partial charge in [0.25, 0.3) is 0 Å². The first-order valence-electron chi connectivity index (χ1n) is 8.92. The van der Waals surface area contributed by atoms with E-state index in [2.05, 4.69) is 58.3 Å². The van der Waals surface area contributed by atoms with Crippen molar-refractivity contribution in [1.29, 1.82) is 0 Å². The Morgan fingerprint density at radius 3 is 2.62 bits per heavy atom. The van der Waals surface area contributed by atoms with Gasteiger partial charge >= 0.3 is 0 Å². The number of rotatable bonds is 4. The first kappa shape index (κ1) is 15.5. The van der Waals surface area contributed by atoms with Crippen LogP contribution in [0.5, 0.6) is 5.75 Å². The van der Waals surface area contributed by atoms with Gasteiger partial charge in [-0.15, -0.1) is 0 Å². The van der Waals surface area contributed by atoms with E-state index in [0.29, 0.717) is 5.41 Å². The largest absolute Gasteiger partial charge is 0.497 e. The van der Waals surface area contributed by atoms with Crippen LogP contribution < -0.4 is 9.64 Å². The number of para-hydroxylation sites is 1. The molecular weight excluding hydrogens is 296 g/mol. The Labute approximate surface area is 144 Å². The molecule has 1 spiro atoms. The van der Waals surface area contributed by atoms with Crippen LogP contribution in [0.25, 0.3) is 0 Å². The zero-order valence-corrected chi connectivity index (χ0v) is 14.4. The van der Waals surface area contributed by atoms with E-state index in [4.69, 9.17) is 4.74 Å². The first-order chi connectivity index (χ1) is 11.8. The summed E-state index contributed by atoms with van der Waals surface area (Å²) in [7, 11) is 1.74. The van der Waals surface area contributed by atoms with E-state index in [0.717, 1.165) is 12.3 Å². The summed E-state index contributed by atoms with van der Waals surface area (Å²) in [5, 5.41) is 0. The predicted octanol–water partition coefficient (Wildman–Crippen LogP) is 3.80. The molecule has 0 amide bonds.